The maximum atomic E-state index is 11.5. The Morgan fingerprint density at radius 1 is 0.870 bits per heavy atom. The van der Waals surface area contributed by atoms with Gasteiger partial charge in [0.1, 0.15) is 16.6 Å². The van der Waals surface area contributed by atoms with E-state index in [-0.39, 0.29) is 22.6 Å². The number of carbonyl (C=O) groups excluding carboxylic acids is 1. The van der Waals surface area contributed by atoms with E-state index in [4.69, 9.17) is 8.83 Å². The van der Waals surface area contributed by atoms with Gasteiger partial charge in [0.05, 0.1) is 5.39 Å². The first kappa shape index (κ1) is 13.3. The Bertz CT molecular complexity index is 1160. The van der Waals surface area contributed by atoms with Crippen LogP contribution in [0.5, 0.6) is 5.95 Å². The summed E-state index contributed by atoms with van der Waals surface area (Å²) in [6.07, 6.45) is 4.32. The lowest BCUT2D eigenvalue weighted by molar-refractivity contribution is -0.109. The Morgan fingerprint density at radius 3 is 2.61 bits per heavy atom. The van der Waals surface area contributed by atoms with Crippen molar-refractivity contribution in [2.45, 2.75) is 0 Å². The summed E-state index contributed by atoms with van der Waals surface area (Å²) < 4.78 is 11.1. The molecule has 23 heavy (non-hydrogen) atoms. The Hall–Kier alpha value is -3.34. The van der Waals surface area contributed by atoms with Crippen molar-refractivity contribution in [2.24, 2.45) is 0 Å². The van der Waals surface area contributed by atoms with E-state index in [1.807, 2.05) is 0 Å². The SMILES string of the molecule is O=C1C=Cc2ccc3oc4cc(=O)ccc4cc3c(O)oc2=C1. The van der Waals surface area contributed by atoms with Crippen LogP contribution in [0.15, 0.2) is 56.1 Å². The molecule has 0 aliphatic heterocycles. The highest BCUT2D eigenvalue weighted by atomic mass is 16.5. The van der Waals surface area contributed by atoms with Crippen LogP contribution in [0.25, 0.3) is 34.1 Å². The third-order valence-electron chi connectivity index (χ3n) is 3.61. The number of hydrogen-bond donors (Lipinski definition) is 1. The normalized spacial score (nSPS) is 13.0. The maximum Gasteiger partial charge on any atom is 0.293 e. The molecule has 1 N–H and O–H groups in total. The fraction of sp³-hybridized carbons (Fsp3) is 0. The summed E-state index contributed by atoms with van der Waals surface area (Å²) >= 11 is 0. The predicted octanol–water partition coefficient (Wildman–Crippen LogP) is 2.46. The third kappa shape index (κ3) is 2.28. The van der Waals surface area contributed by atoms with Crippen LogP contribution in [-0.4, -0.2) is 10.9 Å². The smallest absolute Gasteiger partial charge is 0.293 e. The number of carbonyl (C=O) groups is 1. The molecule has 1 aliphatic carbocycles. The second kappa shape index (κ2) is 4.84. The molecule has 112 valence electrons. The Kier molecular flexibility index (Phi) is 2.81. The molecule has 3 aromatic rings. The van der Waals surface area contributed by atoms with E-state index in [9.17, 15) is 14.7 Å². The monoisotopic (exact) mass is 306 g/mol. The zero-order chi connectivity index (χ0) is 16.0. The van der Waals surface area contributed by atoms with Crippen molar-refractivity contribution in [3.8, 4) is 5.95 Å². The van der Waals surface area contributed by atoms with Gasteiger partial charge in [-0.3, -0.25) is 9.59 Å². The van der Waals surface area contributed by atoms with Gasteiger partial charge in [0, 0.05) is 23.1 Å². The summed E-state index contributed by atoms with van der Waals surface area (Å²) in [6, 6.07) is 9.46. The van der Waals surface area contributed by atoms with Crippen LogP contribution in [0.2, 0.25) is 0 Å². The molecule has 5 heteroatoms. The number of allylic oxidation sites excluding steroid dienone is 1. The van der Waals surface area contributed by atoms with Gasteiger partial charge < -0.3 is 13.9 Å². The second-order valence-electron chi connectivity index (χ2n) is 5.16. The average Bonchev–Trinajstić information content (AvgIpc) is 2.52. The quantitative estimate of drug-likeness (QED) is 0.690. The van der Waals surface area contributed by atoms with Crippen LogP contribution in [0.4, 0.5) is 0 Å². The summed E-state index contributed by atoms with van der Waals surface area (Å²) in [5.41, 5.74) is 1.53. The van der Waals surface area contributed by atoms with Gasteiger partial charge in [-0.15, -0.1) is 0 Å². The first-order valence-electron chi connectivity index (χ1n) is 6.91. The molecule has 2 aromatic heterocycles. The largest absolute Gasteiger partial charge is 0.480 e. The predicted molar refractivity (Wildman–Crippen MR) is 85.3 cm³/mol. The van der Waals surface area contributed by atoms with Crippen LogP contribution < -0.4 is 10.8 Å². The Labute approximate surface area is 129 Å². The van der Waals surface area contributed by atoms with E-state index >= 15 is 0 Å². The lowest BCUT2D eigenvalue weighted by Crippen LogP contribution is -2.10. The molecule has 1 aliphatic rings. The standard InChI is InChI=1S/C18H10O5/c19-12-4-1-10-3-6-15-14(18(21)23-16(10)8-12)7-11-2-5-13(20)9-17(11)22-15/h1-9,21H. The van der Waals surface area contributed by atoms with Crippen LogP contribution in [0.1, 0.15) is 5.56 Å². The van der Waals surface area contributed by atoms with E-state index in [0.717, 1.165) is 0 Å². The number of hydrogen-bond acceptors (Lipinski definition) is 5. The van der Waals surface area contributed by atoms with Crippen molar-refractivity contribution >= 4 is 39.9 Å². The van der Waals surface area contributed by atoms with E-state index in [1.165, 1.54) is 24.3 Å². The maximum absolute atomic E-state index is 11.5. The molecule has 2 heterocycles. The minimum Gasteiger partial charge on any atom is -0.480 e. The molecule has 0 fully saturated rings. The summed E-state index contributed by atoms with van der Waals surface area (Å²) in [5.74, 6) is -0.579. The van der Waals surface area contributed by atoms with Gasteiger partial charge in [0.25, 0.3) is 5.95 Å². The highest BCUT2D eigenvalue weighted by Crippen LogP contribution is 2.27. The molecule has 5 nitrogen and oxygen atoms in total. The van der Waals surface area contributed by atoms with Crippen molar-refractivity contribution in [3.63, 3.8) is 0 Å². The number of fused-ring (bicyclic) bond motifs is 3. The van der Waals surface area contributed by atoms with Crippen molar-refractivity contribution in [1.29, 1.82) is 0 Å². The van der Waals surface area contributed by atoms with Gasteiger partial charge in [-0.1, -0.05) is 0 Å². The first-order chi connectivity index (χ1) is 11.1. The van der Waals surface area contributed by atoms with Crippen LogP contribution >= 0.6 is 0 Å². The van der Waals surface area contributed by atoms with Crippen molar-refractivity contribution in [2.75, 3.05) is 0 Å². The van der Waals surface area contributed by atoms with Crippen LogP contribution in [0.3, 0.4) is 0 Å². The third-order valence-corrected chi connectivity index (χ3v) is 3.61. The van der Waals surface area contributed by atoms with Gasteiger partial charge in [-0.2, -0.15) is 0 Å². The second-order valence-corrected chi connectivity index (χ2v) is 5.16. The molecule has 0 radical (unpaired) electrons. The Morgan fingerprint density at radius 2 is 1.74 bits per heavy atom. The first-order valence-corrected chi connectivity index (χ1v) is 6.91. The van der Waals surface area contributed by atoms with E-state index in [1.54, 1.807) is 30.3 Å². The molecule has 1 aromatic carbocycles. The number of ketones is 1. The molecule has 0 unspecified atom stereocenters. The van der Waals surface area contributed by atoms with Crippen molar-refractivity contribution in [3.05, 3.63) is 63.7 Å². The number of aromatic hydroxyl groups is 1. The Balaban J connectivity index is 2.16. The molecule has 0 spiro atoms. The fourth-order valence-corrected chi connectivity index (χ4v) is 2.48. The molecule has 0 saturated heterocycles. The molecule has 0 atom stereocenters. The van der Waals surface area contributed by atoms with E-state index in [0.29, 0.717) is 27.5 Å². The molecule has 0 amide bonds. The molecular formula is C18H10O5. The van der Waals surface area contributed by atoms with Gasteiger partial charge in [-0.05, 0) is 42.5 Å². The zero-order valence-corrected chi connectivity index (χ0v) is 11.8. The van der Waals surface area contributed by atoms with E-state index in [2.05, 4.69) is 0 Å². The minimum atomic E-state index is -0.368. The minimum absolute atomic E-state index is 0.159. The molecule has 0 saturated carbocycles. The average molecular weight is 306 g/mol. The van der Waals surface area contributed by atoms with Crippen molar-refractivity contribution < 1.29 is 18.7 Å². The van der Waals surface area contributed by atoms with Gasteiger partial charge in [-0.25, -0.2) is 0 Å². The summed E-state index contributed by atoms with van der Waals surface area (Å²) in [7, 11) is 0. The molecule has 0 bridgehead atoms. The summed E-state index contributed by atoms with van der Waals surface area (Å²) in [4.78, 5) is 22.9. The van der Waals surface area contributed by atoms with Gasteiger partial charge in [0.2, 0.25) is 0 Å². The van der Waals surface area contributed by atoms with Crippen LogP contribution in [0, 0.1) is 0 Å². The zero-order valence-electron chi connectivity index (χ0n) is 11.8. The fourth-order valence-electron chi connectivity index (χ4n) is 2.48. The highest BCUT2D eigenvalue weighted by Gasteiger charge is 2.08. The number of benzene rings is 1. The lowest BCUT2D eigenvalue weighted by Gasteiger charge is -2.03. The molecule has 4 rings (SSSR count). The van der Waals surface area contributed by atoms with Crippen molar-refractivity contribution in [1.82, 2.24) is 0 Å². The lowest BCUT2D eigenvalue weighted by atomic mass is 10.1. The van der Waals surface area contributed by atoms with Crippen LogP contribution in [-0.2, 0) is 4.79 Å². The van der Waals surface area contributed by atoms with Gasteiger partial charge in [0.15, 0.2) is 11.2 Å². The topological polar surface area (TPSA) is 80.7 Å². The molecular weight excluding hydrogens is 296 g/mol. The summed E-state index contributed by atoms with van der Waals surface area (Å²) in [5, 5.41) is 11.3. The van der Waals surface area contributed by atoms with E-state index < -0.39 is 0 Å². The highest BCUT2D eigenvalue weighted by molar-refractivity contribution is 6.16. The van der Waals surface area contributed by atoms with Gasteiger partial charge >= 0.3 is 0 Å². The summed E-state index contributed by atoms with van der Waals surface area (Å²) in [6.45, 7) is 0. The number of rotatable bonds is 0.